The third-order valence-electron chi connectivity index (χ3n) is 4.84. The van der Waals surface area contributed by atoms with Gasteiger partial charge in [0.1, 0.15) is 5.57 Å². The fourth-order valence-corrected chi connectivity index (χ4v) is 3.76. The van der Waals surface area contributed by atoms with Gasteiger partial charge in [-0.1, -0.05) is 0 Å². The maximum absolute atomic E-state index is 12.4. The number of hydrogen-bond acceptors (Lipinski definition) is 5. The molecule has 3 rings (SSSR count). The quantitative estimate of drug-likeness (QED) is 0.594. The second-order valence-electron chi connectivity index (χ2n) is 6.77. The summed E-state index contributed by atoms with van der Waals surface area (Å²) < 4.78 is 24.7. The second-order valence-corrected chi connectivity index (χ2v) is 8.33. The Labute approximate surface area is 168 Å². The van der Waals surface area contributed by atoms with Crippen molar-refractivity contribution in [1.82, 2.24) is 14.4 Å². The van der Waals surface area contributed by atoms with Crippen molar-refractivity contribution in [1.29, 1.82) is 0 Å². The molecule has 0 bridgehead atoms. The fraction of sp³-hybridized carbons (Fsp3) is 0.211. The van der Waals surface area contributed by atoms with Crippen molar-refractivity contribution >= 4 is 33.9 Å². The molecule has 4 amide bonds. The smallest absolute Gasteiger partial charge is 0.318 e. The highest BCUT2D eigenvalue weighted by atomic mass is 32.2. The lowest BCUT2D eigenvalue weighted by atomic mass is 10.1. The number of carbonyl (C=O) groups excluding carboxylic acids is 3. The van der Waals surface area contributed by atoms with Crippen LogP contribution >= 0.6 is 0 Å². The van der Waals surface area contributed by atoms with Gasteiger partial charge >= 0.3 is 6.03 Å². The number of aromatic nitrogens is 1. The van der Waals surface area contributed by atoms with Gasteiger partial charge in [-0.25, -0.2) is 18.4 Å². The van der Waals surface area contributed by atoms with E-state index in [1.807, 2.05) is 18.4 Å². The summed E-state index contributed by atoms with van der Waals surface area (Å²) in [5, 5.41) is 5.13. The predicted octanol–water partition coefficient (Wildman–Crippen LogP) is 1.18. The molecule has 1 aromatic heterocycles. The minimum Gasteiger partial charge on any atom is -0.318 e. The number of amides is 4. The van der Waals surface area contributed by atoms with Crippen molar-refractivity contribution in [2.75, 3.05) is 14.1 Å². The van der Waals surface area contributed by atoms with Crippen LogP contribution in [-0.2, 0) is 19.6 Å². The number of nitrogens with zero attached hydrogens (tertiary/aromatic N) is 3. The van der Waals surface area contributed by atoms with Gasteiger partial charge in [-0.15, -0.1) is 0 Å². The van der Waals surface area contributed by atoms with E-state index in [0.29, 0.717) is 11.3 Å². The number of imide groups is 2. The van der Waals surface area contributed by atoms with E-state index in [-0.39, 0.29) is 10.5 Å². The van der Waals surface area contributed by atoms with Crippen LogP contribution in [0, 0.1) is 13.8 Å². The van der Waals surface area contributed by atoms with Crippen molar-refractivity contribution in [3.05, 3.63) is 52.9 Å². The zero-order valence-corrected chi connectivity index (χ0v) is 17.1. The first-order valence-corrected chi connectivity index (χ1v) is 10.1. The number of benzene rings is 1. The number of carbonyl (C=O) groups is 3. The Morgan fingerprint density at radius 3 is 1.93 bits per heavy atom. The summed E-state index contributed by atoms with van der Waals surface area (Å²) in [6.07, 6.45) is 1.46. The molecule has 1 aliphatic rings. The van der Waals surface area contributed by atoms with E-state index in [4.69, 9.17) is 5.14 Å². The van der Waals surface area contributed by atoms with E-state index in [1.165, 1.54) is 32.3 Å². The zero-order valence-electron chi connectivity index (χ0n) is 16.3. The summed E-state index contributed by atoms with van der Waals surface area (Å²) in [6, 6.07) is 7.17. The minimum atomic E-state index is -3.79. The molecule has 9 nitrogen and oxygen atoms in total. The lowest BCUT2D eigenvalue weighted by Crippen LogP contribution is -2.52. The summed E-state index contributed by atoms with van der Waals surface area (Å²) in [5.41, 5.74) is 2.76. The van der Waals surface area contributed by atoms with Crippen LogP contribution in [0.25, 0.3) is 11.8 Å². The van der Waals surface area contributed by atoms with Gasteiger partial charge in [0, 0.05) is 31.2 Å². The molecule has 0 saturated carbocycles. The predicted molar refractivity (Wildman–Crippen MR) is 106 cm³/mol. The highest BCUT2D eigenvalue weighted by molar-refractivity contribution is 7.89. The van der Waals surface area contributed by atoms with Gasteiger partial charge in [-0.2, -0.15) is 0 Å². The van der Waals surface area contributed by atoms with Gasteiger partial charge in [0.25, 0.3) is 11.8 Å². The third-order valence-corrected chi connectivity index (χ3v) is 5.77. The van der Waals surface area contributed by atoms with E-state index in [1.54, 1.807) is 18.2 Å². The summed E-state index contributed by atoms with van der Waals surface area (Å²) in [5.74, 6) is -1.33. The number of barbiturate groups is 1. The second kappa shape index (κ2) is 6.98. The maximum Gasteiger partial charge on any atom is 0.333 e. The van der Waals surface area contributed by atoms with Crippen molar-refractivity contribution in [3.8, 4) is 5.69 Å². The molecule has 0 aliphatic carbocycles. The number of rotatable bonds is 3. The Morgan fingerprint density at radius 1 is 0.931 bits per heavy atom. The largest absolute Gasteiger partial charge is 0.333 e. The Bertz CT molecular complexity index is 1150. The molecule has 0 atom stereocenters. The lowest BCUT2D eigenvalue weighted by Gasteiger charge is -2.28. The van der Waals surface area contributed by atoms with Gasteiger partial charge in [0.2, 0.25) is 10.0 Å². The van der Waals surface area contributed by atoms with Gasteiger partial charge in [-0.3, -0.25) is 19.4 Å². The molecule has 0 radical (unpaired) electrons. The number of aryl methyl sites for hydroxylation is 1. The zero-order chi connectivity index (χ0) is 21.7. The topological polar surface area (TPSA) is 123 Å². The Hall–Kier alpha value is -3.24. The van der Waals surface area contributed by atoms with Crippen molar-refractivity contribution in [3.63, 3.8) is 0 Å². The molecular formula is C19H20N4O5S. The van der Waals surface area contributed by atoms with Crippen molar-refractivity contribution in [2.45, 2.75) is 18.7 Å². The van der Waals surface area contributed by atoms with Crippen LogP contribution in [0.15, 0.2) is 40.8 Å². The molecule has 1 aliphatic heterocycles. The van der Waals surface area contributed by atoms with E-state index >= 15 is 0 Å². The Balaban J connectivity index is 2.06. The number of likely N-dealkylation sites (N-methyl/N-ethyl adjacent to an activating group) is 2. The van der Waals surface area contributed by atoms with Gasteiger partial charge in [0.05, 0.1) is 4.90 Å². The van der Waals surface area contributed by atoms with Crippen LogP contribution < -0.4 is 5.14 Å². The average Bonchev–Trinajstić information content (AvgIpc) is 2.94. The summed E-state index contributed by atoms with van der Waals surface area (Å²) in [6.45, 7) is 3.65. The molecule has 10 heteroatoms. The van der Waals surface area contributed by atoms with E-state index < -0.39 is 27.9 Å². The average molecular weight is 416 g/mol. The monoisotopic (exact) mass is 416 g/mol. The summed E-state index contributed by atoms with van der Waals surface area (Å²) in [4.78, 5) is 38.5. The number of primary sulfonamides is 1. The first-order valence-electron chi connectivity index (χ1n) is 8.57. The summed E-state index contributed by atoms with van der Waals surface area (Å²) in [7, 11) is -1.16. The van der Waals surface area contributed by atoms with Crippen LogP contribution in [0.2, 0.25) is 0 Å². The minimum absolute atomic E-state index is 0.000180. The SMILES string of the molecule is Cc1cc(C=C2C(=O)N(C)C(=O)N(C)C2=O)c(C)n1-c1ccc(S(N)(=O)=O)cc1. The highest BCUT2D eigenvalue weighted by Crippen LogP contribution is 2.25. The molecule has 1 aromatic carbocycles. The first kappa shape index (κ1) is 20.5. The molecule has 29 heavy (non-hydrogen) atoms. The molecule has 0 spiro atoms. The number of urea groups is 1. The molecule has 152 valence electrons. The molecule has 1 saturated heterocycles. The van der Waals surface area contributed by atoms with Crippen molar-refractivity contribution < 1.29 is 22.8 Å². The van der Waals surface area contributed by atoms with Crippen LogP contribution in [0.5, 0.6) is 0 Å². The molecule has 2 N–H and O–H groups in total. The van der Waals surface area contributed by atoms with Crippen LogP contribution in [0.1, 0.15) is 17.0 Å². The number of hydrogen-bond donors (Lipinski definition) is 1. The normalized spacial score (nSPS) is 15.3. The van der Waals surface area contributed by atoms with Crippen molar-refractivity contribution in [2.24, 2.45) is 5.14 Å². The number of sulfonamides is 1. The molecular weight excluding hydrogens is 396 g/mol. The van der Waals surface area contributed by atoms with Gasteiger partial charge < -0.3 is 4.57 Å². The third kappa shape index (κ3) is 3.47. The fourth-order valence-electron chi connectivity index (χ4n) is 3.25. The van der Waals surface area contributed by atoms with Gasteiger partial charge in [0.15, 0.2) is 0 Å². The Morgan fingerprint density at radius 2 is 1.45 bits per heavy atom. The molecule has 0 unspecified atom stereocenters. The maximum atomic E-state index is 12.4. The molecule has 2 heterocycles. The van der Waals surface area contributed by atoms with E-state index in [0.717, 1.165) is 21.2 Å². The van der Waals surface area contributed by atoms with E-state index in [9.17, 15) is 22.8 Å². The number of nitrogens with two attached hydrogens (primary N) is 1. The lowest BCUT2D eigenvalue weighted by molar-refractivity contribution is -0.134. The highest BCUT2D eigenvalue weighted by Gasteiger charge is 2.38. The van der Waals surface area contributed by atoms with E-state index in [2.05, 4.69) is 0 Å². The molecule has 2 aromatic rings. The molecule has 1 fully saturated rings. The van der Waals surface area contributed by atoms with Crippen LogP contribution in [-0.4, -0.2) is 54.7 Å². The summed E-state index contributed by atoms with van der Waals surface area (Å²) >= 11 is 0. The standard InChI is InChI=1S/C19H20N4O5S/c1-11-9-13(10-16-17(24)21(3)19(26)22(4)18(16)25)12(2)23(11)14-5-7-15(8-6-14)29(20,27)28/h5-10H,1-4H3,(H2,20,27,28). The van der Waals surface area contributed by atoms with Crippen LogP contribution in [0.3, 0.4) is 0 Å². The van der Waals surface area contributed by atoms with Gasteiger partial charge in [-0.05, 0) is 55.8 Å². The Kier molecular flexibility index (Phi) is 4.93. The first-order chi connectivity index (χ1) is 13.4. The van der Waals surface area contributed by atoms with Crippen LogP contribution in [0.4, 0.5) is 4.79 Å².